The van der Waals surface area contributed by atoms with E-state index < -0.39 is 0 Å². The van der Waals surface area contributed by atoms with Crippen molar-refractivity contribution < 1.29 is 0 Å². The molecule has 0 fully saturated rings. The molecule has 0 aliphatic rings. The fraction of sp³-hybridized carbons (Fsp3) is 0. The average Bonchev–Trinajstić information content (AvgIpc) is 2.31. The SMILES string of the molecule is N#Cc1ccnc(Nc2cncnc2)n1. The standard InChI is InChI=1S/C9H6N6/c10-3-7-1-2-13-9(14-7)15-8-4-11-6-12-5-8/h1-2,4-6H,(H,13,14,15). The fourth-order valence-electron chi connectivity index (χ4n) is 0.974. The van der Waals surface area contributed by atoms with E-state index in [4.69, 9.17) is 5.26 Å². The number of hydrogen-bond donors (Lipinski definition) is 1. The molecule has 2 heterocycles. The van der Waals surface area contributed by atoms with E-state index in [9.17, 15) is 0 Å². The zero-order valence-electron chi connectivity index (χ0n) is 7.62. The molecule has 0 unspecified atom stereocenters. The summed E-state index contributed by atoms with van der Waals surface area (Å²) in [6.45, 7) is 0. The molecule has 0 aliphatic heterocycles. The van der Waals surface area contributed by atoms with E-state index >= 15 is 0 Å². The van der Waals surface area contributed by atoms with Crippen LogP contribution in [0.3, 0.4) is 0 Å². The normalized spacial score (nSPS) is 9.27. The summed E-state index contributed by atoms with van der Waals surface area (Å²) in [7, 11) is 0. The van der Waals surface area contributed by atoms with Crippen molar-refractivity contribution in [2.45, 2.75) is 0 Å². The molecule has 0 amide bonds. The fourth-order valence-corrected chi connectivity index (χ4v) is 0.974. The summed E-state index contributed by atoms with van der Waals surface area (Å²) in [5.41, 5.74) is 0.983. The van der Waals surface area contributed by atoms with Crippen LogP contribution in [0.25, 0.3) is 0 Å². The van der Waals surface area contributed by atoms with E-state index in [1.807, 2.05) is 6.07 Å². The minimum Gasteiger partial charge on any atom is -0.321 e. The van der Waals surface area contributed by atoms with Gasteiger partial charge in [0, 0.05) is 6.20 Å². The number of nitrogens with one attached hydrogen (secondary N) is 1. The van der Waals surface area contributed by atoms with Crippen molar-refractivity contribution in [1.82, 2.24) is 19.9 Å². The first-order valence-electron chi connectivity index (χ1n) is 4.13. The second kappa shape index (κ2) is 4.11. The minimum atomic E-state index is 0.310. The van der Waals surface area contributed by atoms with Crippen LogP contribution in [0.4, 0.5) is 11.6 Å². The second-order valence-corrected chi connectivity index (χ2v) is 2.63. The molecule has 2 aromatic heterocycles. The van der Waals surface area contributed by atoms with Crippen LogP contribution in [0.15, 0.2) is 31.0 Å². The van der Waals surface area contributed by atoms with Gasteiger partial charge in [0.05, 0.1) is 18.1 Å². The molecule has 0 bridgehead atoms. The topological polar surface area (TPSA) is 87.4 Å². The first-order chi connectivity index (χ1) is 7.38. The van der Waals surface area contributed by atoms with Crippen molar-refractivity contribution in [3.63, 3.8) is 0 Å². The van der Waals surface area contributed by atoms with Crippen molar-refractivity contribution in [3.8, 4) is 6.07 Å². The number of hydrogen-bond acceptors (Lipinski definition) is 6. The Kier molecular flexibility index (Phi) is 2.47. The van der Waals surface area contributed by atoms with Gasteiger partial charge in [-0.1, -0.05) is 0 Å². The van der Waals surface area contributed by atoms with E-state index in [1.54, 1.807) is 12.4 Å². The minimum absolute atomic E-state index is 0.310. The van der Waals surface area contributed by atoms with Crippen LogP contribution in [0.5, 0.6) is 0 Å². The van der Waals surface area contributed by atoms with Gasteiger partial charge in [-0.05, 0) is 6.07 Å². The van der Waals surface area contributed by atoms with Crippen molar-refractivity contribution in [1.29, 1.82) is 5.26 Å². The molecule has 0 atom stereocenters. The van der Waals surface area contributed by atoms with Crippen molar-refractivity contribution in [2.24, 2.45) is 0 Å². The molecule has 0 radical (unpaired) electrons. The monoisotopic (exact) mass is 198 g/mol. The molecule has 72 valence electrons. The van der Waals surface area contributed by atoms with Gasteiger partial charge in [-0.15, -0.1) is 0 Å². The van der Waals surface area contributed by atoms with Crippen LogP contribution in [-0.2, 0) is 0 Å². The van der Waals surface area contributed by atoms with Crippen molar-refractivity contribution >= 4 is 11.6 Å². The van der Waals surface area contributed by atoms with E-state index in [0.29, 0.717) is 17.3 Å². The summed E-state index contributed by atoms with van der Waals surface area (Å²) in [5, 5.41) is 11.5. The largest absolute Gasteiger partial charge is 0.321 e. The second-order valence-electron chi connectivity index (χ2n) is 2.63. The summed E-state index contributed by atoms with van der Waals surface area (Å²) in [6, 6.07) is 3.47. The van der Waals surface area contributed by atoms with Crippen LogP contribution < -0.4 is 5.32 Å². The molecule has 0 aromatic carbocycles. The Morgan fingerprint density at radius 2 is 2.07 bits per heavy atom. The lowest BCUT2D eigenvalue weighted by atomic mass is 10.4. The van der Waals surface area contributed by atoms with Gasteiger partial charge < -0.3 is 5.32 Å². The summed E-state index contributed by atoms with van der Waals surface area (Å²) >= 11 is 0. The highest BCUT2D eigenvalue weighted by molar-refractivity contribution is 5.50. The molecule has 2 aromatic rings. The quantitative estimate of drug-likeness (QED) is 0.770. The maximum Gasteiger partial charge on any atom is 0.228 e. The highest BCUT2D eigenvalue weighted by atomic mass is 15.1. The maximum atomic E-state index is 8.64. The molecule has 1 N–H and O–H groups in total. The Balaban J connectivity index is 2.22. The predicted octanol–water partition coefficient (Wildman–Crippen LogP) is 0.882. The predicted molar refractivity (Wildman–Crippen MR) is 52.1 cm³/mol. The molecule has 0 saturated heterocycles. The lowest BCUT2D eigenvalue weighted by Gasteiger charge is -2.02. The van der Waals surface area contributed by atoms with Gasteiger partial charge in [0.2, 0.25) is 5.95 Å². The van der Waals surface area contributed by atoms with Gasteiger partial charge in [0.15, 0.2) is 0 Å². The lowest BCUT2D eigenvalue weighted by Crippen LogP contribution is -1.98. The lowest BCUT2D eigenvalue weighted by molar-refractivity contribution is 1.12. The van der Waals surface area contributed by atoms with Gasteiger partial charge in [-0.2, -0.15) is 5.26 Å². The zero-order chi connectivity index (χ0) is 10.5. The van der Waals surface area contributed by atoms with Crippen LogP contribution in [0.1, 0.15) is 5.69 Å². The smallest absolute Gasteiger partial charge is 0.228 e. The Morgan fingerprint density at radius 3 is 2.80 bits per heavy atom. The molecule has 2 rings (SSSR count). The Hall–Kier alpha value is -2.55. The third kappa shape index (κ3) is 2.22. The third-order valence-electron chi connectivity index (χ3n) is 1.59. The van der Waals surface area contributed by atoms with Gasteiger partial charge >= 0.3 is 0 Å². The Morgan fingerprint density at radius 1 is 1.27 bits per heavy atom. The number of nitrogens with zero attached hydrogens (tertiary/aromatic N) is 5. The van der Waals surface area contributed by atoms with E-state index in [0.717, 1.165) is 0 Å². The van der Waals surface area contributed by atoms with Crippen LogP contribution >= 0.6 is 0 Å². The summed E-state index contributed by atoms with van der Waals surface area (Å²) in [4.78, 5) is 15.6. The molecule has 15 heavy (non-hydrogen) atoms. The Labute approximate surface area is 85.7 Å². The summed E-state index contributed by atoms with van der Waals surface area (Å²) in [6.07, 6.45) is 6.13. The van der Waals surface area contributed by atoms with Gasteiger partial charge in [-0.25, -0.2) is 19.9 Å². The van der Waals surface area contributed by atoms with Crippen molar-refractivity contribution in [2.75, 3.05) is 5.32 Å². The first kappa shape index (κ1) is 9.02. The van der Waals surface area contributed by atoms with Gasteiger partial charge in [0.1, 0.15) is 18.1 Å². The van der Waals surface area contributed by atoms with Crippen LogP contribution in [0, 0.1) is 11.3 Å². The first-order valence-corrected chi connectivity index (χ1v) is 4.13. The highest BCUT2D eigenvalue weighted by Gasteiger charge is 1.98. The highest BCUT2D eigenvalue weighted by Crippen LogP contribution is 2.08. The number of nitriles is 1. The maximum absolute atomic E-state index is 8.64. The molecule has 0 saturated carbocycles. The molecule has 0 aliphatic carbocycles. The van der Waals surface area contributed by atoms with Crippen LogP contribution in [-0.4, -0.2) is 19.9 Å². The van der Waals surface area contributed by atoms with E-state index in [-0.39, 0.29) is 0 Å². The number of aromatic nitrogens is 4. The molecular formula is C9H6N6. The Bertz CT molecular complexity index is 489. The van der Waals surface area contributed by atoms with E-state index in [1.165, 1.54) is 18.6 Å². The summed E-state index contributed by atoms with van der Waals surface area (Å²) in [5.74, 6) is 0.351. The molecular weight excluding hydrogens is 192 g/mol. The van der Waals surface area contributed by atoms with Gasteiger partial charge in [0.25, 0.3) is 0 Å². The van der Waals surface area contributed by atoms with Crippen LogP contribution in [0.2, 0.25) is 0 Å². The summed E-state index contributed by atoms with van der Waals surface area (Å²) < 4.78 is 0. The van der Waals surface area contributed by atoms with E-state index in [2.05, 4.69) is 25.3 Å². The van der Waals surface area contributed by atoms with Crippen molar-refractivity contribution in [3.05, 3.63) is 36.7 Å². The molecule has 6 nitrogen and oxygen atoms in total. The average molecular weight is 198 g/mol. The number of rotatable bonds is 2. The molecule has 0 spiro atoms. The van der Waals surface area contributed by atoms with Gasteiger partial charge in [-0.3, -0.25) is 0 Å². The zero-order valence-corrected chi connectivity index (χ0v) is 7.62. The number of anilines is 2. The third-order valence-corrected chi connectivity index (χ3v) is 1.59. The molecule has 6 heteroatoms.